The molecule has 0 rings (SSSR count). The Bertz CT molecular complexity index is 896. The third-order valence-corrected chi connectivity index (χ3v) is 11.4. The normalized spacial score (nSPS) is 13.4. The number of hydrogen-bond acceptors (Lipinski definition) is 10. The van der Waals surface area contributed by atoms with Gasteiger partial charge in [0.25, 0.3) is 0 Å². The molecule has 0 bridgehead atoms. The second-order valence-corrected chi connectivity index (χ2v) is 17.2. The first kappa shape index (κ1) is 57.6. The molecule has 3 atom stereocenters. The third kappa shape index (κ3) is 39.2. The van der Waals surface area contributed by atoms with E-state index in [1.54, 1.807) is 0 Å². The van der Waals surface area contributed by atoms with Crippen LogP contribution >= 0.6 is 0 Å². The van der Waals surface area contributed by atoms with Crippen molar-refractivity contribution in [1.29, 1.82) is 0 Å². The number of rotatable bonds is 46. The summed E-state index contributed by atoms with van der Waals surface area (Å²) >= 11 is 0. The molecule has 12 heteroatoms. The van der Waals surface area contributed by atoms with Crippen LogP contribution in [0, 0.1) is 0 Å². The molecule has 12 nitrogen and oxygen atoms in total. The molecule has 7 N–H and O–H groups in total. The number of hydrogen-bond donors (Lipinski definition) is 7. The SMILES string of the molecule is CCCCCCCCC(O)CN(CCO)CCCNC(=O)CCN(CCCO)CCC(=O)NCCCN(CC(O)CCCCCCCC)CC(O)CCCCCCCC. The summed E-state index contributed by atoms with van der Waals surface area (Å²) in [6.45, 7) is 12.8. The van der Waals surface area contributed by atoms with E-state index in [0.717, 1.165) is 70.6 Å². The number of unbranched alkanes of at least 4 members (excludes halogenated alkanes) is 15. The molecular weight excluding hydrogens is 747 g/mol. The summed E-state index contributed by atoms with van der Waals surface area (Å²) < 4.78 is 0. The van der Waals surface area contributed by atoms with Crippen LogP contribution in [-0.4, -0.2) is 156 Å². The van der Waals surface area contributed by atoms with E-state index in [1.807, 2.05) is 0 Å². The summed E-state index contributed by atoms with van der Waals surface area (Å²) in [5.41, 5.74) is 0. The van der Waals surface area contributed by atoms with Crippen LogP contribution in [0.5, 0.6) is 0 Å². The zero-order valence-electron chi connectivity index (χ0n) is 38.7. The van der Waals surface area contributed by atoms with Crippen molar-refractivity contribution in [3.05, 3.63) is 0 Å². The fourth-order valence-electron chi connectivity index (χ4n) is 7.73. The molecule has 0 aromatic carbocycles. The van der Waals surface area contributed by atoms with E-state index in [0.29, 0.717) is 91.3 Å². The molecule has 0 heterocycles. The molecule has 0 fully saturated rings. The molecule has 352 valence electrons. The standard InChI is InChI=1S/C47H97N5O7/c1-4-7-10-13-16-19-25-43(55)40-51(37-39-54)32-22-30-48-46(58)28-35-50(34-24-38-53)36-29-47(59)49-31-23-33-52(41-44(56)26-20-17-14-11-8-5-2)42-45(57)27-21-18-15-12-9-6-3/h43-45,53-57H,4-42H2,1-3H3,(H,48,58)(H,49,59). The van der Waals surface area contributed by atoms with Crippen molar-refractivity contribution in [2.75, 3.05) is 85.2 Å². The number of aliphatic hydroxyl groups is 5. The molecule has 59 heavy (non-hydrogen) atoms. The highest BCUT2D eigenvalue weighted by Crippen LogP contribution is 2.13. The van der Waals surface area contributed by atoms with Crippen LogP contribution < -0.4 is 10.6 Å². The summed E-state index contributed by atoms with van der Waals surface area (Å²) in [6, 6.07) is 0. The summed E-state index contributed by atoms with van der Waals surface area (Å²) in [6.07, 6.45) is 25.1. The molecule has 3 unspecified atom stereocenters. The Morgan fingerprint density at radius 2 is 0.763 bits per heavy atom. The van der Waals surface area contributed by atoms with Gasteiger partial charge in [0.2, 0.25) is 11.8 Å². The van der Waals surface area contributed by atoms with Crippen LogP contribution in [0.15, 0.2) is 0 Å². The first-order valence-electron chi connectivity index (χ1n) is 24.6. The first-order valence-corrected chi connectivity index (χ1v) is 24.6. The minimum atomic E-state index is -0.421. The van der Waals surface area contributed by atoms with Crippen molar-refractivity contribution >= 4 is 11.8 Å². The molecule has 0 aliphatic heterocycles. The van der Waals surface area contributed by atoms with Gasteiger partial charge < -0.3 is 41.1 Å². The summed E-state index contributed by atoms with van der Waals surface area (Å²) in [5, 5.41) is 57.2. The van der Waals surface area contributed by atoms with Gasteiger partial charge in [0, 0.05) is 91.4 Å². The van der Waals surface area contributed by atoms with Gasteiger partial charge in [0.05, 0.1) is 24.9 Å². The molecule has 0 aromatic rings. The molecule has 0 aliphatic rings. The number of aliphatic hydroxyl groups excluding tert-OH is 5. The molecule has 0 aromatic heterocycles. The fraction of sp³-hybridized carbons (Fsp3) is 0.957. The average molecular weight is 844 g/mol. The Labute approximate surface area is 362 Å². The van der Waals surface area contributed by atoms with Crippen molar-refractivity contribution in [1.82, 2.24) is 25.3 Å². The lowest BCUT2D eigenvalue weighted by Crippen LogP contribution is -2.40. The van der Waals surface area contributed by atoms with Gasteiger partial charge >= 0.3 is 0 Å². The van der Waals surface area contributed by atoms with Gasteiger partial charge in [-0.1, -0.05) is 136 Å². The van der Waals surface area contributed by atoms with Crippen LogP contribution in [0.25, 0.3) is 0 Å². The van der Waals surface area contributed by atoms with E-state index < -0.39 is 18.3 Å². The Hall–Kier alpha value is -1.38. The van der Waals surface area contributed by atoms with Gasteiger partial charge in [0.15, 0.2) is 0 Å². The van der Waals surface area contributed by atoms with Crippen molar-refractivity contribution in [3.8, 4) is 0 Å². The molecule has 0 spiro atoms. The predicted molar refractivity (Wildman–Crippen MR) is 245 cm³/mol. The second kappa shape index (κ2) is 43.3. The Kier molecular flexibility index (Phi) is 42.3. The maximum atomic E-state index is 12.8. The minimum Gasteiger partial charge on any atom is -0.396 e. The smallest absolute Gasteiger partial charge is 0.221 e. The van der Waals surface area contributed by atoms with Gasteiger partial charge in [-0.2, -0.15) is 0 Å². The summed E-state index contributed by atoms with van der Waals surface area (Å²) in [4.78, 5) is 31.8. The lowest BCUT2D eigenvalue weighted by atomic mass is 10.1. The second-order valence-electron chi connectivity index (χ2n) is 17.2. The van der Waals surface area contributed by atoms with Crippen molar-refractivity contribution in [2.45, 2.75) is 206 Å². The lowest BCUT2D eigenvalue weighted by Gasteiger charge is -2.27. The van der Waals surface area contributed by atoms with E-state index in [2.05, 4.69) is 46.1 Å². The first-order chi connectivity index (χ1) is 28.7. The van der Waals surface area contributed by atoms with E-state index in [1.165, 1.54) is 77.0 Å². The molecule has 0 radical (unpaired) electrons. The highest BCUT2D eigenvalue weighted by atomic mass is 16.3. The molecule has 0 saturated carbocycles. The van der Waals surface area contributed by atoms with Gasteiger partial charge in [-0.25, -0.2) is 0 Å². The van der Waals surface area contributed by atoms with E-state index in [-0.39, 0.29) is 25.0 Å². The van der Waals surface area contributed by atoms with Crippen LogP contribution in [0.2, 0.25) is 0 Å². The predicted octanol–water partition coefficient (Wildman–Crippen LogP) is 6.39. The molecule has 0 saturated heterocycles. The molecular formula is C47H97N5O7. The van der Waals surface area contributed by atoms with Crippen molar-refractivity contribution < 1.29 is 35.1 Å². The monoisotopic (exact) mass is 844 g/mol. The van der Waals surface area contributed by atoms with Crippen molar-refractivity contribution in [3.63, 3.8) is 0 Å². The Morgan fingerprint density at radius 1 is 0.407 bits per heavy atom. The summed E-state index contributed by atoms with van der Waals surface area (Å²) in [7, 11) is 0. The highest BCUT2D eigenvalue weighted by Gasteiger charge is 2.17. The number of nitrogens with one attached hydrogen (secondary N) is 2. The zero-order valence-corrected chi connectivity index (χ0v) is 38.7. The van der Waals surface area contributed by atoms with Crippen molar-refractivity contribution in [2.24, 2.45) is 0 Å². The molecule has 0 aliphatic carbocycles. The van der Waals surface area contributed by atoms with Crippen LogP contribution in [0.3, 0.4) is 0 Å². The number of amides is 2. The topological polar surface area (TPSA) is 169 Å². The highest BCUT2D eigenvalue weighted by molar-refractivity contribution is 5.76. The van der Waals surface area contributed by atoms with E-state index in [4.69, 9.17) is 0 Å². The maximum Gasteiger partial charge on any atom is 0.221 e. The van der Waals surface area contributed by atoms with Crippen LogP contribution in [0.1, 0.15) is 188 Å². The third-order valence-electron chi connectivity index (χ3n) is 11.4. The van der Waals surface area contributed by atoms with Crippen LogP contribution in [-0.2, 0) is 9.59 Å². The minimum absolute atomic E-state index is 0.0330. The quantitative estimate of drug-likeness (QED) is 0.0341. The number of carbonyl (C=O) groups is 2. The van der Waals surface area contributed by atoms with Gasteiger partial charge in [-0.05, 0) is 38.5 Å². The van der Waals surface area contributed by atoms with Crippen LogP contribution in [0.4, 0.5) is 0 Å². The number of carbonyl (C=O) groups excluding carboxylic acids is 2. The fourth-order valence-corrected chi connectivity index (χ4v) is 7.73. The lowest BCUT2D eigenvalue weighted by molar-refractivity contribution is -0.121. The largest absolute Gasteiger partial charge is 0.396 e. The number of nitrogens with zero attached hydrogens (tertiary/aromatic N) is 3. The van der Waals surface area contributed by atoms with Gasteiger partial charge in [-0.15, -0.1) is 0 Å². The molecule has 2 amide bonds. The summed E-state index contributed by atoms with van der Waals surface area (Å²) in [5.74, 6) is -0.107. The van der Waals surface area contributed by atoms with Gasteiger partial charge in [0.1, 0.15) is 0 Å². The Balaban J connectivity index is 4.65. The van der Waals surface area contributed by atoms with E-state index in [9.17, 15) is 35.1 Å². The maximum absolute atomic E-state index is 12.8. The average Bonchev–Trinajstić information content (AvgIpc) is 3.21. The Morgan fingerprint density at radius 3 is 1.15 bits per heavy atom. The van der Waals surface area contributed by atoms with Gasteiger partial charge in [-0.3, -0.25) is 19.4 Å². The van der Waals surface area contributed by atoms with E-state index >= 15 is 0 Å². The zero-order chi connectivity index (χ0) is 43.6.